The molecular weight excluding hydrogens is 368 g/mol. The molecule has 3 rings (SSSR count). The van der Waals surface area contributed by atoms with Gasteiger partial charge in [-0.25, -0.2) is 9.59 Å². The van der Waals surface area contributed by atoms with E-state index >= 15 is 0 Å². The number of hydrogen-bond donors (Lipinski definition) is 2. The number of carbonyl (C=O) groups is 2. The third kappa shape index (κ3) is 4.40. The number of nitrogens with zero attached hydrogens (tertiary/aromatic N) is 1. The average molecular weight is 392 g/mol. The van der Waals surface area contributed by atoms with Gasteiger partial charge in [0.2, 0.25) is 0 Å². The summed E-state index contributed by atoms with van der Waals surface area (Å²) in [4.78, 5) is 24.1. The maximum Gasteiger partial charge on any atom is 0.408 e. The Labute approximate surface area is 170 Å². The van der Waals surface area contributed by atoms with Crippen molar-refractivity contribution in [2.45, 2.75) is 44.1 Å². The Kier molecular flexibility index (Phi) is 6.18. The van der Waals surface area contributed by atoms with Crippen LogP contribution in [-0.4, -0.2) is 29.3 Å². The molecule has 1 aliphatic carbocycles. The number of unbranched alkanes of at least 4 members (excludes halogenated alkanes) is 2. The third-order valence-electron chi connectivity index (χ3n) is 5.41. The molecule has 2 aromatic rings. The number of nitrogens with one attached hydrogen (secondary N) is 1. The highest BCUT2D eigenvalue weighted by atomic mass is 16.5. The first-order chi connectivity index (χ1) is 14.0. The summed E-state index contributed by atoms with van der Waals surface area (Å²) >= 11 is 0. The van der Waals surface area contributed by atoms with Crippen LogP contribution in [0.5, 0.6) is 0 Å². The van der Waals surface area contributed by atoms with Gasteiger partial charge in [-0.05, 0) is 48.4 Å². The third-order valence-corrected chi connectivity index (χ3v) is 5.41. The Hall–Kier alpha value is -3.33. The van der Waals surface area contributed by atoms with Crippen molar-refractivity contribution in [3.05, 3.63) is 59.7 Å². The quantitative estimate of drug-likeness (QED) is 0.647. The van der Waals surface area contributed by atoms with Crippen LogP contribution >= 0.6 is 0 Å². The van der Waals surface area contributed by atoms with Crippen molar-refractivity contribution in [2.24, 2.45) is 0 Å². The second kappa shape index (κ2) is 8.78. The number of fused-ring (bicyclic) bond motifs is 3. The van der Waals surface area contributed by atoms with Crippen molar-refractivity contribution in [3.63, 3.8) is 0 Å². The second-order valence-electron chi connectivity index (χ2n) is 7.45. The van der Waals surface area contributed by atoms with Crippen molar-refractivity contribution in [3.8, 4) is 17.2 Å². The van der Waals surface area contributed by atoms with E-state index in [1.807, 2.05) is 42.5 Å². The molecule has 0 spiro atoms. The predicted molar refractivity (Wildman–Crippen MR) is 108 cm³/mol. The van der Waals surface area contributed by atoms with Crippen molar-refractivity contribution < 1.29 is 19.4 Å². The van der Waals surface area contributed by atoms with Crippen molar-refractivity contribution in [2.75, 3.05) is 6.61 Å². The number of hydrogen-bond acceptors (Lipinski definition) is 4. The Morgan fingerprint density at radius 3 is 2.24 bits per heavy atom. The van der Waals surface area contributed by atoms with Crippen LogP contribution in [0.4, 0.5) is 4.79 Å². The topological polar surface area (TPSA) is 99.4 Å². The maximum absolute atomic E-state index is 12.4. The number of benzene rings is 2. The normalized spacial score (nSPS) is 14.2. The highest BCUT2D eigenvalue weighted by molar-refractivity contribution is 5.84. The van der Waals surface area contributed by atoms with Crippen LogP contribution in [0, 0.1) is 11.3 Å². The summed E-state index contributed by atoms with van der Waals surface area (Å²) in [7, 11) is 0. The molecule has 6 nitrogen and oxygen atoms in total. The molecule has 0 saturated heterocycles. The standard InChI is InChI=1S/C23H24N2O4/c1-23(21(26)27,13-7-2-8-14-24)25-22(28)29-15-20-18-11-5-3-9-16(18)17-10-4-6-12-19(17)20/h3-6,9-12,20H,2,7-8,13,15H2,1H3,(H,25,28)(H,26,27). The van der Waals surface area contributed by atoms with E-state index in [2.05, 4.69) is 17.4 Å². The first-order valence-corrected chi connectivity index (χ1v) is 9.70. The number of amides is 1. The van der Waals surface area contributed by atoms with E-state index in [0.717, 1.165) is 22.3 Å². The summed E-state index contributed by atoms with van der Waals surface area (Å²) in [5.41, 5.74) is 3.02. The van der Waals surface area contributed by atoms with E-state index in [-0.39, 0.29) is 18.9 Å². The Bertz CT molecular complexity index is 904. The van der Waals surface area contributed by atoms with Crippen molar-refractivity contribution in [1.82, 2.24) is 5.32 Å². The predicted octanol–water partition coefficient (Wildman–Crippen LogP) is 4.45. The fraction of sp³-hybridized carbons (Fsp3) is 0.348. The number of carboxylic acid groups (broad SMARTS) is 1. The van der Waals surface area contributed by atoms with E-state index in [0.29, 0.717) is 19.3 Å². The average Bonchev–Trinajstić information content (AvgIpc) is 3.03. The molecule has 150 valence electrons. The number of aliphatic carboxylic acids is 1. The van der Waals surface area contributed by atoms with Gasteiger partial charge in [0.05, 0.1) is 6.07 Å². The summed E-state index contributed by atoms with van der Waals surface area (Å²) in [6.45, 7) is 1.59. The number of carboxylic acids is 1. The number of carbonyl (C=O) groups excluding carboxylic acids is 1. The fourth-order valence-electron chi connectivity index (χ4n) is 3.77. The lowest BCUT2D eigenvalue weighted by Crippen LogP contribution is -2.52. The maximum atomic E-state index is 12.4. The van der Waals surface area contributed by atoms with Gasteiger partial charge in [-0.15, -0.1) is 0 Å². The largest absolute Gasteiger partial charge is 0.480 e. The Morgan fingerprint density at radius 2 is 1.69 bits per heavy atom. The SMILES string of the molecule is CC(CCCCC#N)(NC(=O)OCC1c2ccccc2-c2ccccc21)C(=O)O. The molecule has 2 aromatic carbocycles. The van der Waals surface area contributed by atoms with E-state index in [4.69, 9.17) is 10.00 Å². The first kappa shape index (κ1) is 20.4. The van der Waals surface area contributed by atoms with Gasteiger partial charge in [0.15, 0.2) is 0 Å². The van der Waals surface area contributed by atoms with Crippen LogP contribution in [0.15, 0.2) is 48.5 Å². The molecule has 0 fully saturated rings. The van der Waals surface area contributed by atoms with Crippen LogP contribution in [-0.2, 0) is 9.53 Å². The molecule has 1 atom stereocenters. The molecule has 1 aliphatic rings. The van der Waals surface area contributed by atoms with Gasteiger partial charge in [-0.2, -0.15) is 5.26 Å². The molecule has 6 heteroatoms. The van der Waals surface area contributed by atoms with Crippen LogP contribution in [0.2, 0.25) is 0 Å². The summed E-state index contributed by atoms with van der Waals surface area (Å²) in [5, 5.41) is 20.6. The van der Waals surface area contributed by atoms with Crippen LogP contribution in [0.3, 0.4) is 0 Å². The smallest absolute Gasteiger partial charge is 0.408 e. The minimum absolute atomic E-state index is 0.0835. The molecule has 0 saturated carbocycles. The highest BCUT2D eigenvalue weighted by Gasteiger charge is 2.35. The zero-order valence-electron chi connectivity index (χ0n) is 16.4. The van der Waals surface area contributed by atoms with Crippen LogP contribution < -0.4 is 5.32 Å². The van der Waals surface area contributed by atoms with E-state index in [1.165, 1.54) is 6.92 Å². The molecule has 2 N–H and O–H groups in total. The minimum Gasteiger partial charge on any atom is -0.480 e. The lowest BCUT2D eigenvalue weighted by molar-refractivity contribution is -0.144. The Morgan fingerprint density at radius 1 is 1.10 bits per heavy atom. The molecule has 0 bridgehead atoms. The van der Waals surface area contributed by atoms with Gasteiger partial charge in [-0.3, -0.25) is 0 Å². The zero-order chi connectivity index (χ0) is 20.9. The molecule has 0 aromatic heterocycles. The van der Waals surface area contributed by atoms with Gasteiger partial charge in [0.1, 0.15) is 12.1 Å². The lowest BCUT2D eigenvalue weighted by atomic mass is 9.94. The Balaban J connectivity index is 1.66. The molecular formula is C23H24N2O4. The summed E-state index contributed by atoms with van der Waals surface area (Å²) in [6, 6.07) is 18.1. The summed E-state index contributed by atoms with van der Waals surface area (Å²) in [6.07, 6.45) is 0.956. The molecule has 0 radical (unpaired) electrons. The van der Waals surface area contributed by atoms with E-state index in [9.17, 15) is 14.7 Å². The van der Waals surface area contributed by atoms with E-state index < -0.39 is 17.6 Å². The number of ether oxygens (including phenoxy) is 1. The van der Waals surface area contributed by atoms with Gasteiger partial charge in [0, 0.05) is 12.3 Å². The fourth-order valence-corrected chi connectivity index (χ4v) is 3.77. The number of alkyl carbamates (subject to hydrolysis) is 1. The first-order valence-electron chi connectivity index (χ1n) is 9.70. The summed E-state index contributed by atoms with van der Waals surface area (Å²) < 4.78 is 5.45. The molecule has 1 amide bonds. The highest BCUT2D eigenvalue weighted by Crippen LogP contribution is 2.44. The van der Waals surface area contributed by atoms with Crippen molar-refractivity contribution in [1.29, 1.82) is 5.26 Å². The molecule has 0 heterocycles. The van der Waals surface area contributed by atoms with Gasteiger partial charge in [-0.1, -0.05) is 48.5 Å². The van der Waals surface area contributed by atoms with Gasteiger partial charge >= 0.3 is 12.1 Å². The minimum atomic E-state index is -1.43. The monoisotopic (exact) mass is 392 g/mol. The van der Waals surface area contributed by atoms with Gasteiger partial charge in [0.25, 0.3) is 0 Å². The van der Waals surface area contributed by atoms with Crippen molar-refractivity contribution >= 4 is 12.1 Å². The number of rotatable bonds is 8. The lowest BCUT2D eigenvalue weighted by Gasteiger charge is -2.26. The zero-order valence-corrected chi connectivity index (χ0v) is 16.4. The summed E-state index contributed by atoms with van der Waals surface area (Å²) in [5.74, 6) is -1.21. The molecule has 0 aliphatic heterocycles. The second-order valence-corrected chi connectivity index (χ2v) is 7.45. The van der Waals surface area contributed by atoms with Crippen LogP contribution in [0.1, 0.15) is 49.7 Å². The number of nitriles is 1. The molecule has 1 unspecified atom stereocenters. The molecule has 29 heavy (non-hydrogen) atoms. The van der Waals surface area contributed by atoms with Crippen LogP contribution in [0.25, 0.3) is 11.1 Å². The van der Waals surface area contributed by atoms with Gasteiger partial charge < -0.3 is 15.2 Å². The van der Waals surface area contributed by atoms with E-state index in [1.54, 1.807) is 0 Å².